The summed E-state index contributed by atoms with van der Waals surface area (Å²) in [6, 6.07) is 17.7. The fourth-order valence-electron chi connectivity index (χ4n) is 4.27. The molecule has 3 aromatic rings. The lowest BCUT2D eigenvalue weighted by molar-refractivity contribution is 0.173. The number of hydrogen-bond acceptors (Lipinski definition) is 4. The van der Waals surface area contributed by atoms with Gasteiger partial charge < -0.3 is 9.47 Å². The minimum absolute atomic E-state index is 0.327. The molecule has 1 aromatic heterocycles. The van der Waals surface area contributed by atoms with Crippen LogP contribution in [0.4, 0.5) is 0 Å². The summed E-state index contributed by atoms with van der Waals surface area (Å²) in [6.45, 7) is 2.22. The van der Waals surface area contributed by atoms with Crippen molar-refractivity contribution in [3.8, 4) is 17.2 Å². The Hall–Kier alpha value is -2.79. The maximum absolute atomic E-state index is 5.56. The molecule has 5 heteroatoms. The molecule has 1 fully saturated rings. The molecule has 1 saturated carbocycles. The Morgan fingerprint density at radius 2 is 1.68 bits per heavy atom. The van der Waals surface area contributed by atoms with Crippen LogP contribution in [0.15, 0.2) is 60.9 Å². The van der Waals surface area contributed by atoms with Gasteiger partial charge in [-0.3, -0.25) is 4.90 Å². The molecule has 0 bridgehead atoms. The maximum atomic E-state index is 5.56. The van der Waals surface area contributed by atoms with Crippen molar-refractivity contribution in [2.24, 2.45) is 0 Å². The van der Waals surface area contributed by atoms with Crippen molar-refractivity contribution in [3.63, 3.8) is 0 Å². The van der Waals surface area contributed by atoms with Gasteiger partial charge in [0.1, 0.15) is 0 Å². The summed E-state index contributed by atoms with van der Waals surface area (Å²) in [7, 11) is 0. The van der Waals surface area contributed by atoms with E-state index < -0.39 is 0 Å². The van der Waals surface area contributed by atoms with E-state index in [0.717, 1.165) is 30.3 Å². The highest BCUT2D eigenvalue weighted by molar-refractivity contribution is 5.44. The second-order valence-electron chi connectivity index (χ2n) is 7.65. The molecule has 1 aliphatic heterocycles. The third kappa shape index (κ3) is 3.62. The fourth-order valence-corrected chi connectivity index (χ4v) is 4.27. The molecule has 0 N–H and O–H groups in total. The van der Waals surface area contributed by atoms with Gasteiger partial charge >= 0.3 is 0 Å². The van der Waals surface area contributed by atoms with Gasteiger partial charge in [-0.1, -0.05) is 31.0 Å². The summed E-state index contributed by atoms with van der Waals surface area (Å²) in [4.78, 5) is 2.62. The van der Waals surface area contributed by atoms with E-state index in [0.29, 0.717) is 12.8 Å². The highest BCUT2D eigenvalue weighted by Gasteiger charge is 2.23. The molecule has 28 heavy (non-hydrogen) atoms. The van der Waals surface area contributed by atoms with Crippen LogP contribution in [-0.4, -0.2) is 27.5 Å². The van der Waals surface area contributed by atoms with Gasteiger partial charge in [0, 0.05) is 31.5 Å². The summed E-state index contributed by atoms with van der Waals surface area (Å²) in [5.74, 6) is 1.72. The Bertz CT molecular complexity index is 916. The molecular formula is C23H25N3O2. The summed E-state index contributed by atoms with van der Waals surface area (Å²) >= 11 is 0. The summed E-state index contributed by atoms with van der Waals surface area (Å²) < 4.78 is 12.9. The molecule has 0 radical (unpaired) electrons. The molecule has 0 atom stereocenters. The Kier molecular flexibility index (Phi) is 4.75. The molecule has 5 rings (SSSR count). The van der Waals surface area contributed by atoms with E-state index in [4.69, 9.17) is 9.47 Å². The zero-order valence-electron chi connectivity index (χ0n) is 16.0. The van der Waals surface area contributed by atoms with Gasteiger partial charge in [0.25, 0.3) is 0 Å². The molecule has 1 aliphatic carbocycles. The number of rotatable bonds is 6. The van der Waals surface area contributed by atoms with Gasteiger partial charge in [0.05, 0.1) is 5.69 Å². The standard InChI is InChI=1S/C23H25N3O2/c1-2-5-20(4-1)25(16-19-8-11-22-23(14-19)28-17-27-22)15-18-6-9-21(10-7-18)26-13-3-12-24-26/h3,6-14,20H,1-2,4-5,15-17H2. The molecule has 5 nitrogen and oxygen atoms in total. The number of ether oxygens (including phenoxy) is 2. The Morgan fingerprint density at radius 1 is 0.929 bits per heavy atom. The maximum Gasteiger partial charge on any atom is 0.231 e. The smallest absolute Gasteiger partial charge is 0.231 e. The summed E-state index contributed by atoms with van der Waals surface area (Å²) in [5, 5.41) is 4.31. The first-order chi connectivity index (χ1) is 13.8. The summed E-state index contributed by atoms with van der Waals surface area (Å²) in [5.41, 5.74) is 3.71. The van der Waals surface area contributed by atoms with Gasteiger partial charge in [-0.2, -0.15) is 5.10 Å². The van der Waals surface area contributed by atoms with E-state index in [-0.39, 0.29) is 0 Å². The van der Waals surface area contributed by atoms with E-state index in [9.17, 15) is 0 Å². The lowest BCUT2D eigenvalue weighted by atomic mass is 10.1. The number of hydrogen-bond donors (Lipinski definition) is 0. The van der Waals surface area contributed by atoms with Gasteiger partial charge in [-0.15, -0.1) is 0 Å². The molecule has 0 saturated heterocycles. The largest absolute Gasteiger partial charge is 0.454 e. The molecule has 144 valence electrons. The van der Waals surface area contributed by atoms with E-state index in [2.05, 4.69) is 46.4 Å². The van der Waals surface area contributed by atoms with Gasteiger partial charge in [-0.05, 0) is 54.3 Å². The first kappa shape index (κ1) is 17.3. The molecule has 0 amide bonds. The number of fused-ring (bicyclic) bond motifs is 1. The third-order valence-electron chi connectivity index (χ3n) is 5.75. The fraction of sp³-hybridized carbons (Fsp3) is 0.348. The topological polar surface area (TPSA) is 39.5 Å². The van der Waals surface area contributed by atoms with Crippen LogP contribution in [0.2, 0.25) is 0 Å². The monoisotopic (exact) mass is 375 g/mol. The molecule has 2 aliphatic rings. The predicted octanol–water partition coefficient (Wildman–Crippen LogP) is 4.55. The van der Waals surface area contributed by atoms with Crippen LogP contribution in [-0.2, 0) is 13.1 Å². The Balaban J connectivity index is 1.33. The minimum Gasteiger partial charge on any atom is -0.454 e. The molecule has 0 spiro atoms. The second-order valence-corrected chi connectivity index (χ2v) is 7.65. The van der Waals surface area contributed by atoms with Gasteiger partial charge in [0.2, 0.25) is 6.79 Å². The SMILES string of the molecule is c1cnn(-c2ccc(CN(Cc3ccc4c(c3)OCO4)C3CCCC3)cc2)c1. The quantitative estimate of drug-likeness (QED) is 0.634. The highest BCUT2D eigenvalue weighted by atomic mass is 16.7. The van der Waals surface area contributed by atoms with Crippen molar-refractivity contribution < 1.29 is 9.47 Å². The lowest BCUT2D eigenvalue weighted by Gasteiger charge is -2.29. The average molecular weight is 375 g/mol. The van der Waals surface area contributed by atoms with E-state index in [1.54, 1.807) is 6.20 Å². The van der Waals surface area contributed by atoms with Crippen molar-refractivity contribution in [2.45, 2.75) is 44.8 Å². The zero-order chi connectivity index (χ0) is 18.8. The summed E-state index contributed by atoms with van der Waals surface area (Å²) in [6.07, 6.45) is 9.02. The van der Waals surface area contributed by atoms with Crippen LogP contribution < -0.4 is 9.47 Å². The van der Waals surface area contributed by atoms with Crippen molar-refractivity contribution in [2.75, 3.05) is 6.79 Å². The third-order valence-corrected chi connectivity index (χ3v) is 5.75. The van der Waals surface area contributed by atoms with Crippen molar-refractivity contribution in [1.82, 2.24) is 14.7 Å². The Labute approximate surface area is 165 Å². The molecule has 2 aromatic carbocycles. The van der Waals surface area contributed by atoms with E-state index in [1.807, 2.05) is 23.0 Å². The first-order valence-electron chi connectivity index (χ1n) is 10.1. The van der Waals surface area contributed by atoms with Crippen LogP contribution >= 0.6 is 0 Å². The number of nitrogens with zero attached hydrogens (tertiary/aromatic N) is 3. The van der Waals surface area contributed by atoms with Crippen LogP contribution in [0.3, 0.4) is 0 Å². The Morgan fingerprint density at radius 3 is 2.46 bits per heavy atom. The highest BCUT2D eigenvalue weighted by Crippen LogP contribution is 2.34. The molecule has 0 unspecified atom stereocenters. The minimum atomic E-state index is 0.327. The van der Waals surface area contributed by atoms with Crippen molar-refractivity contribution >= 4 is 0 Å². The van der Waals surface area contributed by atoms with Crippen LogP contribution in [0.1, 0.15) is 36.8 Å². The normalized spacial score (nSPS) is 16.2. The van der Waals surface area contributed by atoms with E-state index >= 15 is 0 Å². The predicted molar refractivity (Wildman–Crippen MR) is 108 cm³/mol. The zero-order valence-corrected chi connectivity index (χ0v) is 16.0. The van der Waals surface area contributed by atoms with Crippen molar-refractivity contribution in [1.29, 1.82) is 0 Å². The molecule has 2 heterocycles. The second kappa shape index (κ2) is 7.68. The van der Waals surface area contributed by atoms with Crippen LogP contribution in [0, 0.1) is 0 Å². The molecular weight excluding hydrogens is 350 g/mol. The lowest BCUT2D eigenvalue weighted by Crippen LogP contribution is -2.32. The van der Waals surface area contributed by atoms with E-state index in [1.165, 1.54) is 36.8 Å². The van der Waals surface area contributed by atoms with Gasteiger partial charge in [-0.25, -0.2) is 4.68 Å². The number of benzene rings is 2. The van der Waals surface area contributed by atoms with Gasteiger partial charge in [0.15, 0.2) is 11.5 Å². The number of aromatic nitrogens is 2. The van der Waals surface area contributed by atoms with Crippen LogP contribution in [0.25, 0.3) is 5.69 Å². The van der Waals surface area contributed by atoms with Crippen LogP contribution in [0.5, 0.6) is 11.5 Å². The average Bonchev–Trinajstić information content (AvgIpc) is 3.50. The van der Waals surface area contributed by atoms with Crippen molar-refractivity contribution in [3.05, 3.63) is 72.1 Å². The first-order valence-corrected chi connectivity index (χ1v) is 10.1.